The largest absolute Gasteiger partial charge is 0.366 e. The Bertz CT molecular complexity index is 1090. The zero-order valence-corrected chi connectivity index (χ0v) is 16.1. The van der Waals surface area contributed by atoms with E-state index in [9.17, 15) is 0 Å². The van der Waals surface area contributed by atoms with E-state index in [1.165, 1.54) is 0 Å². The van der Waals surface area contributed by atoms with Crippen molar-refractivity contribution in [2.75, 3.05) is 5.32 Å². The first kappa shape index (κ1) is 17.8. The van der Waals surface area contributed by atoms with E-state index in [2.05, 4.69) is 31.3 Å². The minimum Gasteiger partial charge on any atom is -0.366 e. The molecular weight excluding hydrogens is 381 g/mol. The minimum atomic E-state index is 0.479. The topological polar surface area (TPSA) is 66.5 Å². The Morgan fingerprint density at radius 1 is 1.04 bits per heavy atom. The molecule has 0 unspecified atom stereocenters. The van der Waals surface area contributed by atoms with Crippen molar-refractivity contribution < 1.29 is 0 Å². The normalized spacial score (nSPS) is 11.1. The van der Waals surface area contributed by atoms with E-state index in [4.69, 9.17) is 23.2 Å². The van der Waals surface area contributed by atoms with Crippen molar-refractivity contribution >= 4 is 40.1 Å². The van der Waals surface area contributed by atoms with Gasteiger partial charge in [-0.3, -0.25) is 0 Å². The quantitative estimate of drug-likeness (QED) is 0.455. The summed E-state index contributed by atoms with van der Waals surface area (Å²) in [5.41, 5.74) is 5.15. The summed E-state index contributed by atoms with van der Waals surface area (Å²) in [5, 5.41) is 5.33. The van der Waals surface area contributed by atoms with Crippen LogP contribution in [0.25, 0.3) is 11.0 Å². The Labute approximate surface area is 166 Å². The third kappa shape index (κ3) is 4.04. The molecule has 0 aliphatic carbocycles. The molecule has 0 aliphatic rings. The molecule has 0 amide bonds. The van der Waals surface area contributed by atoms with Crippen molar-refractivity contribution in [2.24, 2.45) is 0 Å². The Morgan fingerprint density at radius 3 is 2.70 bits per heavy atom. The molecule has 5 nitrogen and oxygen atoms in total. The van der Waals surface area contributed by atoms with Crippen LogP contribution in [0, 0.1) is 6.92 Å². The summed E-state index contributed by atoms with van der Waals surface area (Å²) in [7, 11) is 0. The van der Waals surface area contributed by atoms with E-state index in [-0.39, 0.29) is 0 Å². The van der Waals surface area contributed by atoms with Gasteiger partial charge in [-0.15, -0.1) is 0 Å². The predicted molar refractivity (Wildman–Crippen MR) is 109 cm³/mol. The summed E-state index contributed by atoms with van der Waals surface area (Å²) in [4.78, 5) is 16.1. The zero-order valence-electron chi connectivity index (χ0n) is 14.6. The fourth-order valence-electron chi connectivity index (χ4n) is 2.91. The number of nitrogens with zero attached hydrogens (tertiary/aromatic N) is 3. The number of fused-ring (bicyclic) bond motifs is 1. The summed E-state index contributed by atoms with van der Waals surface area (Å²) in [5.74, 6) is 0.718. The molecule has 4 rings (SSSR count). The second kappa shape index (κ2) is 7.55. The van der Waals surface area contributed by atoms with E-state index in [0.29, 0.717) is 23.3 Å². The van der Waals surface area contributed by atoms with E-state index >= 15 is 0 Å². The van der Waals surface area contributed by atoms with Crippen LogP contribution in [0.2, 0.25) is 10.3 Å². The maximum atomic E-state index is 6.42. The molecule has 136 valence electrons. The van der Waals surface area contributed by atoms with Gasteiger partial charge in [0.25, 0.3) is 0 Å². The summed E-state index contributed by atoms with van der Waals surface area (Å²) in [6, 6.07) is 9.75. The number of hydrogen-bond donors (Lipinski definition) is 2. The number of aromatic amines is 1. The van der Waals surface area contributed by atoms with Crippen LogP contribution in [0.3, 0.4) is 0 Å². The van der Waals surface area contributed by atoms with Crippen molar-refractivity contribution in [2.45, 2.75) is 19.9 Å². The third-order valence-electron chi connectivity index (χ3n) is 4.32. The average molecular weight is 398 g/mol. The molecule has 27 heavy (non-hydrogen) atoms. The molecule has 0 saturated carbocycles. The number of hydrogen-bond acceptors (Lipinski definition) is 4. The van der Waals surface area contributed by atoms with Crippen LogP contribution < -0.4 is 5.32 Å². The van der Waals surface area contributed by atoms with Crippen LogP contribution >= 0.6 is 23.2 Å². The summed E-state index contributed by atoms with van der Waals surface area (Å²) in [6.07, 6.45) is 6.26. The van der Waals surface area contributed by atoms with Crippen LogP contribution in [0.15, 0.2) is 48.9 Å². The molecule has 4 heterocycles. The summed E-state index contributed by atoms with van der Waals surface area (Å²) < 4.78 is 0. The molecule has 2 N–H and O–H groups in total. The standard InChI is InChI=1S/C20H17Cl2N5/c1-12-6-16-15(11-26-20(16)25-8-12)7-14-3-5-18(27-19(14)22)24-10-13-2-4-17(21)23-9-13/h2-6,8-9,11H,7,10H2,1H3,(H,24,27)(H,25,26). The minimum absolute atomic E-state index is 0.479. The van der Waals surface area contributed by atoms with E-state index < -0.39 is 0 Å². The highest BCUT2D eigenvalue weighted by Crippen LogP contribution is 2.24. The van der Waals surface area contributed by atoms with Crippen LogP contribution in [0.1, 0.15) is 22.3 Å². The maximum Gasteiger partial charge on any atom is 0.137 e. The molecule has 0 atom stereocenters. The van der Waals surface area contributed by atoms with Gasteiger partial charge in [0.15, 0.2) is 0 Å². The Kier molecular flexibility index (Phi) is 4.97. The van der Waals surface area contributed by atoms with Gasteiger partial charge in [-0.2, -0.15) is 0 Å². The van der Waals surface area contributed by atoms with Gasteiger partial charge in [-0.1, -0.05) is 35.3 Å². The van der Waals surface area contributed by atoms with Crippen LogP contribution in [-0.2, 0) is 13.0 Å². The lowest BCUT2D eigenvalue weighted by Crippen LogP contribution is -2.03. The molecule has 0 bridgehead atoms. The fraction of sp³-hybridized carbons (Fsp3) is 0.150. The fourth-order valence-corrected chi connectivity index (χ4v) is 3.24. The molecule has 4 aromatic heterocycles. The second-order valence-corrected chi connectivity index (χ2v) is 7.13. The molecule has 7 heteroatoms. The molecule has 0 fully saturated rings. The Balaban J connectivity index is 1.49. The second-order valence-electron chi connectivity index (χ2n) is 6.39. The number of aromatic nitrogens is 4. The SMILES string of the molecule is Cc1cnc2[nH]cc(Cc3ccc(NCc4ccc(Cl)nc4)nc3Cl)c2c1. The first-order valence-electron chi connectivity index (χ1n) is 8.51. The first-order chi connectivity index (χ1) is 13.1. The molecule has 0 aromatic carbocycles. The van der Waals surface area contributed by atoms with Gasteiger partial charge in [0, 0.05) is 36.9 Å². The number of aryl methyl sites for hydroxylation is 1. The lowest BCUT2D eigenvalue weighted by molar-refractivity contribution is 1.07. The van der Waals surface area contributed by atoms with Gasteiger partial charge < -0.3 is 10.3 Å². The lowest BCUT2D eigenvalue weighted by atomic mass is 10.1. The van der Waals surface area contributed by atoms with Crippen LogP contribution in [-0.4, -0.2) is 19.9 Å². The number of halogens is 2. The van der Waals surface area contributed by atoms with Gasteiger partial charge in [0.05, 0.1) is 0 Å². The van der Waals surface area contributed by atoms with Gasteiger partial charge >= 0.3 is 0 Å². The predicted octanol–water partition coefficient (Wildman–Crippen LogP) is 5.17. The zero-order chi connectivity index (χ0) is 18.8. The monoisotopic (exact) mass is 397 g/mol. The molecular formula is C20H17Cl2N5. The highest BCUT2D eigenvalue weighted by Gasteiger charge is 2.10. The van der Waals surface area contributed by atoms with E-state index in [1.54, 1.807) is 12.3 Å². The lowest BCUT2D eigenvalue weighted by Gasteiger charge is -2.09. The van der Waals surface area contributed by atoms with Gasteiger partial charge in [-0.25, -0.2) is 15.0 Å². The van der Waals surface area contributed by atoms with Crippen LogP contribution in [0.4, 0.5) is 5.82 Å². The summed E-state index contributed by atoms with van der Waals surface area (Å²) >= 11 is 12.2. The average Bonchev–Trinajstić information content (AvgIpc) is 3.05. The number of anilines is 1. The molecule has 0 spiro atoms. The van der Waals surface area contributed by atoms with Crippen molar-refractivity contribution in [3.63, 3.8) is 0 Å². The smallest absolute Gasteiger partial charge is 0.137 e. The molecule has 0 radical (unpaired) electrons. The van der Waals surface area contributed by atoms with Crippen molar-refractivity contribution in [1.82, 2.24) is 19.9 Å². The highest BCUT2D eigenvalue weighted by molar-refractivity contribution is 6.30. The number of pyridine rings is 3. The van der Waals surface area contributed by atoms with Crippen molar-refractivity contribution in [3.05, 3.63) is 81.5 Å². The Morgan fingerprint density at radius 2 is 1.93 bits per heavy atom. The third-order valence-corrected chi connectivity index (χ3v) is 4.87. The molecule has 0 aliphatic heterocycles. The number of rotatable bonds is 5. The number of H-pyrrole nitrogens is 1. The van der Waals surface area contributed by atoms with E-state index in [0.717, 1.165) is 39.1 Å². The maximum absolute atomic E-state index is 6.42. The Hall–Kier alpha value is -2.63. The van der Waals surface area contributed by atoms with Gasteiger partial charge in [-0.05, 0) is 47.4 Å². The van der Waals surface area contributed by atoms with Crippen LogP contribution in [0.5, 0.6) is 0 Å². The molecule has 0 saturated heterocycles. The van der Waals surface area contributed by atoms with Gasteiger partial charge in [0.1, 0.15) is 21.8 Å². The van der Waals surface area contributed by atoms with E-state index in [1.807, 2.05) is 37.5 Å². The van der Waals surface area contributed by atoms with Crippen molar-refractivity contribution in [1.29, 1.82) is 0 Å². The highest BCUT2D eigenvalue weighted by atomic mass is 35.5. The van der Waals surface area contributed by atoms with Crippen molar-refractivity contribution in [3.8, 4) is 0 Å². The first-order valence-corrected chi connectivity index (χ1v) is 9.26. The molecule has 4 aromatic rings. The summed E-state index contributed by atoms with van der Waals surface area (Å²) in [6.45, 7) is 2.63. The van der Waals surface area contributed by atoms with Gasteiger partial charge in [0.2, 0.25) is 0 Å². The number of nitrogens with one attached hydrogen (secondary N) is 2.